The first-order valence-corrected chi connectivity index (χ1v) is 12.5. The largest absolute Gasteiger partial charge is 0.321 e. The van der Waals surface area contributed by atoms with Gasteiger partial charge in [0.25, 0.3) is 11.8 Å². The topological polar surface area (TPSA) is 74.3 Å². The zero-order valence-corrected chi connectivity index (χ0v) is 20.7. The van der Waals surface area contributed by atoms with Crippen LogP contribution >= 0.6 is 23.2 Å². The van der Waals surface area contributed by atoms with E-state index in [1.54, 1.807) is 24.3 Å². The molecule has 8 heteroatoms. The van der Waals surface area contributed by atoms with Gasteiger partial charge in [-0.15, -0.1) is 0 Å². The van der Waals surface area contributed by atoms with Crippen molar-refractivity contribution in [3.05, 3.63) is 87.5 Å². The summed E-state index contributed by atoms with van der Waals surface area (Å²) in [5.74, 6) is -0.386. The molecular formula is C27H26Cl2N4O2. The Labute approximate surface area is 214 Å². The van der Waals surface area contributed by atoms with Crippen molar-refractivity contribution in [2.24, 2.45) is 0 Å². The second kappa shape index (κ2) is 9.97. The molecule has 180 valence electrons. The number of anilines is 2. The molecule has 0 spiro atoms. The lowest BCUT2D eigenvalue weighted by atomic mass is 9.94. The van der Waals surface area contributed by atoms with Gasteiger partial charge in [0, 0.05) is 28.7 Å². The average molecular weight is 509 g/mol. The third-order valence-corrected chi connectivity index (χ3v) is 7.24. The third-order valence-electron chi connectivity index (χ3n) is 6.78. The Morgan fingerprint density at radius 1 is 0.886 bits per heavy atom. The van der Waals surface area contributed by atoms with Crippen LogP contribution in [0.3, 0.4) is 0 Å². The quantitative estimate of drug-likeness (QED) is 0.409. The van der Waals surface area contributed by atoms with Gasteiger partial charge in [-0.3, -0.25) is 9.59 Å². The highest BCUT2D eigenvalue weighted by Gasteiger charge is 2.45. The zero-order chi connectivity index (χ0) is 24.4. The Hall–Kier alpha value is -2.93. The normalized spacial score (nSPS) is 16.6. The molecule has 2 N–H and O–H groups in total. The van der Waals surface area contributed by atoms with Crippen LogP contribution in [0.4, 0.5) is 11.5 Å². The van der Waals surface area contributed by atoms with Crippen molar-refractivity contribution < 1.29 is 9.59 Å². The van der Waals surface area contributed by atoms with Gasteiger partial charge in [-0.25, -0.2) is 4.98 Å². The number of pyridine rings is 1. The predicted octanol–water partition coefficient (Wildman–Crippen LogP) is 6.02. The summed E-state index contributed by atoms with van der Waals surface area (Å²) in [4.78, 5) is 32.5. The van der Waals surface area contributed by atoms with Crippen LogP contribution in [0.15, 0.2) is 60.8 Å². The zero-order valence-electron chi connectivity index (χ0n) is 19.2. The summed E-state index contributed by atoms with van der Waals surface area (Å²) in [5.41, 5.74) is 2.66. The molecule has 35 heavy (non-hydrogen) atoms. The fraction of sp³-hybridized carbons (Fsp3) is 0.296. The number of carbonyl (C=O) groups excluding carboxylic acids is 2. The van der Waals surface area contributed by atoms with Gasteiger partial charge < -0.3 is 15.5 Å². The molecule has 1 aliphatic heterocycles. The van der Waals surface area contributed by atoms with E-state index in [0.29, 0.717) is 27.1 Å². The van der Waals surface area contributed by atoms with Crippen molar-refractivity contribution in [2.75, 3.05) is 30.3 Å². The summed E-state index contributed by atoms with van der Waals surface area (Å²) < 4.78 is 0. The molecule has 2 aliphatic rings. The van der Waals surface area contributed by atoms with E-state index in [4.69, 9.17) is 23.2 Å². The maximum absolute atomic E-state index is 13.0. The van der Waals surface area contributed by atoms with Gasteiger partial charge in [-0.05, 0) is 86.8 Å². The highest BCUT2D eigenvalue weighted by atomic mass is 35.5. The van der Waals surface area contributed by atoms with Gasteiger partial charge in [-0.1, -0.05) is 35.3 Å². The van der Waals surface area contributed by atoms with Gasteiger partial charge in [0.15, 0.2) is 0 Å². The summed E-state index contributed by atoms with van der Waals surface area (Å²) in [6.45, 7) is 3.48. The molecule has 6 nitrogen and oxygen atoms in total. The summed E-state index contributed by atoms with van der Waals surface area (Å²) in [5, 5.41) is 6.41. The van der Waals surface area contributed by atoms with Gasteiger partial charge >= 0.3 is 0 Å². The predicted molar refractivity (Wildman–Crippen MR) is 140 cm³/mol. The summed E-state index contributed by atoms with van der Waals surface area (Å²) in [7, 11) is 0. The van der Waals surface area contributed by atoms with Gasteiger partial charge in [-0.2, -0.15) is 0 Å². The Balaban J connectivity index is 1.29. The number of aromatic nitrogens is 1. The van der Waals surface area contributed by atoms with Crippen LogP contribution in [0.25, 0.3) is 0 Å². The van der Waals surface area contributed by atoms with Crippen LogP contribution in [0.5, 0.6) is 0 Å². The minimum atomic E-state index is -0.439. The van der Waals surface area contributed by atoms with Crippen molar-refractivity contribution in [1.29, 1.82) is 0 Å². The maximum atomic E-state index is 13.0. The lowest BCUT2D eigenvalue weighted by Crippen LogP contribution is -2.30. The van der Waals surface area contributed by atoms with Crippen LogP contribution in [0, 0.1) is 0 Å². The number of halogens is 2. The second-order valence-electron chi connectivity index (χ2n) is 9.30. The SMILES string of the molecule is O=C(Nc1ccc(Cl)cc1C(=O)Nc1ccc(Cl)cn1)c1ccc(C2(CN3CCCC3)CC2)cc1. The number of nitrogens with one attached hydrogen (secondary N) is 2. The molecule has 2 fully saturated rings. The van der Waals surface area contributed by atoms with E-state index >= 15 is 0 Å². The van der Waals surface area contributed by atoms with Crippen molar-refractivity contribution in [3.8, 4) is 0 Å². The second-order valence-corrected chi connectivity index (χ2v) is 10.2. The third kappa shape index (κ3) is 5.50. The van der Waals surface area contributed by atoms with Crippen LogP contribution < -0.4 is 10.6 Å². The fourth-order valence-corrected chi connectivity index (χ4v) is 4.96. The molecule has 2 heterocycles. The molecule has 1 aromatic heterocycles. The first-order chi connectivity index (χ1) is 16.9. The lowest BCUT2D eigenvalue weighted by Gasteiger charge is -2.23. The Kier molecular flexibility index (Phi) is 6.78. The standard InChI is InChI=1S/C27H26Cl2N4O2/c28-20-7-9-23(22(15-20)26(35)32-24-10-8-21(29)16-30-24)31-25(34)18-3-5-19(6-4-18)27(11-12-27)17-33-13-1-2-14-33/h3-10,15-16H,1-2,11-14,17H2,(H,31,34)(H,30,32,35). The molecule has 1 aliphatic carbocycles. The van der Waals surface area contributed by atoms with Crippen molar-refractivity contribution >= 4 is 46.5 Å². The number of benzene rings is 2. The molecular weight excluding hydrogens is 483 g/mol. The number of likely N-dealkylation sites (tertiary alicyclic amines) is 1. The summed E-state index contributed by atoms with van der Waals surface area (Å²) in [6, 6.07) is 15.9. The minimum Gasteiger partial charge on any atom is -0.321 e. The van der Waals surface area contributed by atoms with E-state index in [1.165, 1.54) is 56.6 Å². The van der Waals surface area contributed by atoms with E-state index < -0.39 is 5.91 Å². The fourth-order valence-electron chi connectivity index (χ4n) is 4.67. The number of rotatable bonds is 7. The van der Waals surface area contributed by atoms with E-state index in [-0.39, 0.29) is 16.9 Å². The summed E-state index contributed by atoms with van der Waals surface area (Å²) >= 11 is 12.0. The van der Waals surface area contributed by atoms with Gasteiger partial charge in [0.2, 0.25) is 0 Å². The summed E-state index contributed by atoms with van der Waals surface area (Å²) in [6.07, 6.45) is 6.41. The first-order valence-electron chi connectivity index (χ1n) is 11.8. The van der Waals surface area contributed by atoms with Crippen molar-refractivity contribution in [1.82, 2.24) is 9.88 Å². The highest BCUT2D eigenvalue weighted by Crippen LogP contribution is 2.49. The van der Waals surface area contributed by atoms with Crippen LogP contribution in [0.1, 0.15) is 52.0 Å². The Bertz CT molecular complexity index is 1240. The Morgan fingerprint density at radius 3 is 2.26 bits per heavy atom. The number of nitrogens with zero attached hydrogens (tertiary/aromatic N) is 2. The Morgan fingerprint density at radius 2 is 1.60 bits per heavy atom. The molecule has 0 radical (unpaired) electrons. The van der Waals surface area contributed by atoms with Crippen LogP contribution in [-0.4, -0.2) is 41.3 Å². The molecule has 5 rings (SSSR count). The molecule has 1 saturated heterocycles. The first kappa shape index (κ1) is 23.8. The number of hydrogen-bond donors (Lipinski definition) is 2. The molecule has 0 atom stereocenters. The van der Waals surface area contributed by atoms with Crippen molar-refractivity contribution in [2.45, 2.75) is 31.1 Å². The van der Waals surface area contributed by atoms with E-state index in [0.717, 1.165) is 6.54 Å². The monoisotopic (exact) mass is 508 g/mol. The lowest BCUT2D eigenvalue weighted by molar-refractivity contribution is 0.102. The molecule has 0 unspecified atom stereocenters. The molecule has 3 aromatic rings. The smallest absolute Gasteiger partial charge is 0.258 e. The highest BCUT2D eigenvalue weighted by molar-refractivity contribution is 6.31. The number of hydrogen-bond acceptors (Lipinski definition) is 4. The van der Waals surface area contributed by atoms with E-state index in [9.17, 15) is 9.59 Å². The maximum Gasteiger partial charge on any atom is 0.258 e. The van der Waals surface area contributed by atoms with Gasteiger partial charge in [0.1, 0.15) is 5.82 Å². The van der Waals surface area contributed by atoms with Crippen LogP contribution in [0.2, 0.25) is 10.0 Å². The molecule has 2 amide bonds. The number of amides is 2. The van der Waals surface area contributed by atoms with E-state index in [2.05, 4.69) is 32.7 Å². The minimum absolute atomic E-state index is 0.233. The van der Waals surface area contributed by atoms with Crippen LogP contribution in [-0.2, 0) is 5.41 Å². The molecule has 0 bridgehead atoms. The molecule has 1 saturated carbocycles. The number of carbonyl (C=O) groups is 2. The molecule has 2 aromatic carbocycles. The average Bonchev–Trinajstić information content (AvgIpc) is 3.46. The van der Waals surface area contributed by atoms with E-state index in [1.807, 2.05) is 12.1 Å². The van der Waals surface area contributed by atoms with Crippen molar-refractivity contribution in [3.63, 3.8) is 0 Å². The van der Waals surface area contributed by atoms with Gasteiger partial charge in [0.05, 0.1) is 16.3 Å².